The van der Waals surface area contributed by atoms with Crippen LogP contribution in [0, 0.1) is 0 Å². The standard InChI is InChI=1S/C11H18O3/c1-6-13-7-8-9(12)11(4,5)14-10(8,2)3/h7H,6H2,1-5H3/b8-7-. The SMILES string of the molecule is CCO/C=C1/C(=O)C(C)(C)OC1(C)C. The molecule has 0 spiro atoms. The summed E-state index contributed by atoms with van der Waals surface area (Å²) < 4.78 is 10.8. The molecule has 1 heterocycles. The van der Waals surface area contributed by atoms with Gasteiger partial charge in [0.05, 0.1) is 24.0 Å². The highest BCUT2D eigenvalue weighted by atomic mass is 16.5. The van der Waals surface area contributed by atoms with Crippen molar-refractivity contribution in [3.8, 4) is 0 Å². The smallest absolute Gasteiger partial charge is 0.196 e. The average Bonchev–Trinajstić information content (AvgIpc) is 2.16. The maximum atomic E-state index is 11.9. The minimum atomic E-state index is -0.730. The molecule has 1 aliphatic heterocycles. The first-order valence-corrected chi connectivity index (χ1v) is 4.88. The molecule has 0 atom stereocenters. The highest BCUT2D eigenvalue weighted by Gasteiger charge is 2.49. The van der Waals surface area contributed by atoms with Crippen molar-refractivity contribution in [1.29, 1.82) is 0 Å². The summed E-state index contributed by atoms with van der Waals surface area (Å²) in [7, 11) is 0. The van der Waals surface area contributed by atoms with Gasteiger partial charge in [-0.1, -0.05) is 0 Å². The summed E-state index contributed by atoms with van der Waals surface area (Å²) in [4.78, 5) is 11.9. The predicted molar refractivity (Wildman–Crippen MR) is 54.0 cm³/mol. The summed E-state index contributed by atoms with van der Waals surface area (Å²) in [5.41, 5.74) is -0.660. The van der Waals surface area contributed by atoms with Crippen molar-refractivity contribution in [2.75, 3.05) is 6.61 Å². The number of Topliss-reactive ketones (excluding diaryl/α,β-unsaturated/α-hetero) is 1. The highest BCUT2D eigenvalue weighted by molar-refractivity contribution is 6.04. The molecule has 0 aliphatic carbocycles. The number of rotatable bonds is 2. The van der Waals surface area contributed by atoms with E-state index in [4.69, 9.17) is 9.47 Å². The van der Waals surface area contributed by atoms with E-state index in [0.717, 1.165) is 0 Å². The van der Waals surface area contributed by atoms with Crippen molar-refractivity contribution in [1.82, 2.24) is 0 Å². The van der Waals surface area contributed by atoms with E-state index >= 15 is 0 Å². The van der Waals surface area contributed by atoms with Crippen LogP contribution in [0.1, 0.15) is 34.6 Å². The molecule has 0 amide bonds. The third-order valence-electron chi connectivity index (χ3n) is 2.32. The summed E-state index contributed by atoms with van der Waals surface area (Å²) >= 11 is 0. The normalized spacial score (nSPS) is 26.9. The van der Waals surface area contributed by atoms with E-state index < -0.39 is 11.2 Å². The fraction of sp³-hybridized carbons (Fsp3) is 0.727. The molecule has 0 aromatic heterocycles. The number of hydrogen-bond acceptors (Lipinski definition) is 3. The molecular weight excluding hydrogens is 180 g/mol. The summed E-state index contributed by atoms with van der Waals surface area (Å²) in [5, 5.41) is 0. The zero-order chi connectivity index (χ0) is 11.0. The van der Waals surface area contributed by atoms with Crippen LogP contribution in [0.5, 0.6) is 0 Å². The summed E-state index contributed by atoms with van der Waals surface area (Å²) in [6.45, 7) is 9.77. The molecular formula is C11H18O3. The van der Waals surface area contributed by atoms with Crippen LogP contribution in [0.25, 0.3) is 0 Å². The zero-order valence-electron chi connectivity index (χ0n) is 9.51. The van der Waals surface area contributed by atoms with Gasteiger partial charge >= 0.3 is 0 Å². The maximum Gasteiger partial charge on any atom is 0.196 e. The molecule has 0 bridgehead atoms. The minimum absolute atomic E-state index is 0.0101. The van der Waals surface area contributed by atoms with Gasteiger partial charge in [0, 0.05) is 0 Å². The monoisotopic (exact) mass is 198 g/mol. The van der Waals surface area contributed by atoms with Crippen LogP contribution in [0.4, 0.5) is 0 Å². The first kappa shape index (κ1) is 11.2. The lowest BCUT2D eigenvalue weighted by atomic mass is 9.94. The van der Waals surface area contributed by atoms with Crippen LogP contribution in [0.2, 0.25) is 0 Å². The Morgan fingerprint density at radius 2 is 1.86 bits per heavy atom. The van der Waals surface area contributed by atoms with E-state index in [1.54, 1.807) is 13.8 Å². The minimum Gasteiger partial charge on any atom is -0.501 e. The summed E-state index contributed by atoms with van der Waals surface area (Å²) in [5.74, 6) is 0.0101. The van der Waals surface area contributed by atoms with E-state index in [1.165, 1.54) is 6.26 Å². The Hall–Kier alpha value is -0.830. The molecule has 1 saturated heterocycles. The van der Waals surface area contributed by atoms with Gasteiger partial charge in [-0.25, -0.2) is 0 Å². The largest absolute Gasteiger partial charge is 0.501 e. The van der Waals surface area contributed by atoms with Crippen LogP contribution in [-0.2, 0) is 14.3 Å². The fourth-order valence-corrected chi connectivity index (χ4v) is 1.70. The fourth-order valence-electron chi connectivity index (χ4n) is 1.70. The molecule has 1 fully saturated rings. The lowest BCUT2D eigenvalue weighted by Crippen LogP contribution is -2.29. The third-order valence-corrected chi connectivity index (χ3v) is 2.32. The molecule has 1 aliphatic rings. The van der Waals surface area contributed by atoms with Gasteiger partial charge in [-0.15, -0.1) is 0 Å². The molecule has 80 valence electrons. The first-order valence-electron chi connectivity index (χ1n) is 4.88. The molecule has 0 unspecified atom stereocenters. The van der Waals surface area contributed by atoms with E-state index in [2.05, 4.69) is 0 Å². The van der Waals surface area contributed by atoms with Gasteiger partial charge in [-0.3, -0.25) is 4.79 Å². The van der Waals surface area contributed by atoms with Gasteiger partial charge < -0.3 is 9.47 Å². The van der Waals surface area contributed by atoms with Gasteiger partial charge in [0.1, 0.15) is 5.60 Å². The van der Waals surface area contributed by atoms with Gasteiger partial charge in [-0.05, 0) is 34.6 Å². The Morgan fingerprint density at radius 1 is 1.29 bits per heavy atom. The van der Waals surface area contributed by atoms with Crippen molar-refractivity contribution >= 4 is 5.78 Å². The van der Waals surface area contributed by atoms with Gasteiger partial charge in [0.25, 0.3) is 0 Å². The number of carbonyl (C=O) groups excluding carboxylic acids is 1. The quantitative estimate of drug-likeness (QED) is 0.503. The lowest BCUT2D eigenvalue weighted by Gasteiger charge is -2.21. The van der Waals surface area contributed by atoms with Crippen LogP contribution in [-0.4, -0.2) is 23.6 Å². The lowest BCUT2D eigenvalue weighted by molar-refractivity contribution is -0.132. The first-order chi connectivity index (χ1) is 6.31. The molecule has 3 heteroatoms. The van der Waals surface area contributed by atoms with Gasteiger partial charge in [0.15, 0.2) is 5.78 Å². The Morgan fingerprint density at radius 3 is 2.21 bits per heavy atom. The molecule has 0 radical (unpaired) electrons. The Bertz CT molecular complexity index is 274. The number of carbonyl (C=O) groups is 1. The van der Waals surface area contributed by atoms with Crippen molar-refractivity contribution in [3.05, 3.63) is 11.8 Å². The average molecular weight is 198 g/mol. The van der Waals surface area contributed by atoms with Crippen LogP contribution >= 0.6 is 0 Å². The highest BCUT2D eigenvalue weighted by Crippen LogP contribution is 2.38. The van der Waals surface area contributed by atoms with E-state index in [0.29, 0.717) is 12.2 Å². The predicted octanol–water partition coefficient (Wildman–Crippen LogP) is 2.06. The molecule has 0 N–H and O–H groups in total. The second-order valence-corrected chi connectivity index (χ2v) is 4.44. The van der Waals surface area contributed by atoms with Gasteiger partial charge in [-0.2, -0.15) is 0 Å². The zero-order valence-corrected chi connectivity index (χ0v) is 9.51. The van der Waals surface area contributed by atoms with E-state index in [1.807, 2.05) is 20.8 Å². The summed E-state index contributed by atoms with van der Waals surface area (Å²) in [6.07, 6.45) is 1.52. The Labute approximate surface area is 85.1 Å². The Kier molecular flexibility index (Phi) is 2.72. The maximum absolute atomic E-state index is 11.9. The number of ether oxygens (including phenoxy) is 2. The van der Waals surface area contributed by atoms with Crippen LogP contribution < -0.4 is 0 Å². The van der Waals surface area contributed by atoms with Crippen molar-refractivity contribution < 1.29 is 14.3 Å². The molecule has 0 saturated carbocycles. The topological polar surface area (TPSA) is 35.5 Å². The second-order valence-electron chi connectivity index (χ2n) is 4.44. The molecule has 3 nitrogen and oxygen atoms in total. The van der Waals surface area contributed by atoms with Crippen LogP contribution in [0.15, 0.2) is 11.8 Å². The van der Waals surface area contributed by atoms with Gasteiger partial charge in [0.2, 0.25) is 0 Å². The molecule has 14 heavy (non-hydrogen) atoms. The summed E-state index contributed by atoms with van der Waals surface area (Å²) in [6, 6.07) is 0. The number of hydrogen-bond donors (Lipinski definition) is 0. The molecule has 0 aromatic rings. The van der Waals surface area contributed by atoms with E-state index in [9.17, 15) is 4.79 Å². The van der Waals surface area contributed by atoms with Crippen molar-refractivity contribution in [3.63, 3.8) is 0 Å². The third kappa shape index (κ3) is 1.82. The Balaban J connectivity index is 3.00. The van der Waals surface area contributed by atoms with Crippen LogP contribution in [0.3, 0.4) is 0 Å². The number of ketones is 1. The van der Waals surface area contributed by atoms with Crippen molar-refractivity contribution in [2.45, 2.75) is 45.8 Å². The van der Waals surface area contributed by atoms with Crippen molar-refractivity contribution in [2.24, 2.45) is 0 Å². The molecule has 0 aromatic carbocycles. The van der Waals surface area contributed by atoms with E-state index in [-0.39, 0.29) is 5.78 Å². The molecule has 1 rings (SSSR count). The second kappa shape index (κ2) is 3.39.